The molecule has 2 N–H and O–H groups in total. The van der Waals surface area contributed by atoms with E-state index in [1.165, 1.54) is 6.42 Å². The van der Waals surface area contributed by atoms with Gasteiger partial charge in [0.05, 0.1) is 17.7 Å². The Hall–Kier alpha value is -3.12. The summed E-state index contributed by atoms with van der Waals surface area (Å²) in [6.07, 6.45) is 4.15. The quantitative estimate of drug-likeness (QED) is 0.607. The SMILES string of the molecule is N#Cc1ccc(C2CN([C@H]3CCCC[C@@H]3Oc3ccc4c(c3)CN(C3CCC(=O)NC3O)C4=O)C2)c(Cl)c1. The first kappa shape index (κ1) is 25.2. The van der Waals surface area contributed by atoms with E-state index in [-0.39, 0.29) is 17.9 Å². The largest absolute Gasteiger partial charge is 0.489 e. The molecule has 38 heavy (non-hydrogen) atoms. The molecule has 2 unspecified atom stereocenters. The van der Waals surface area contributed by atoms with E-state index in [4.69, 9.17) is 21.6 Å². The highest BCUT2D eigenvalue weighted by Crippen LogP contribution is 2.38. The van der Waals surface area contributed by atoms with Crippen LogP contribution in [0.2, 0.25) is 5.02 Å². The molecular formula is C29H31ClN4O4. The molecule has 2 aromatic rings. The van der Waals surface area contributed by atoms with E-state index in [2.05, 4.69) is 16.3 Å². The highest BCUT2D eigenvalue weighted by atomic mass is 35.5. The topological polar surface area (TPSA) is 106 Å². The first-order chi connectivity index (χ1) is 18.4. The van der Waals surface area contributed by atoms with Crippen molar-refractivity contribution in [3.63, 3.8) is 0 Å². The van der Waals surface area contributed by atoms with Gasteiger partial charge in [0.15, 0.2) is 0 Å². The number of nitrogens with one attached hydrogen (secondary N) is 1. The Morgan fingerprint density at radius 2 is 1.87 bits per heavy atom. The molecular weight excluding hydrogens is 504 g/mol. The number of ether oxygens (including phenoxy) is 1. The zero-order valence-electron chi connectivity index (χ0n) is 21.1. The van der Waals surface area contributed by atoms with Gasteiger partial charge in [-0.1, -0.05) is 24.1 Å². The van der Waals surface area contributed by atoms with E-state index in [0.29, 0.717) is 47.5 Å². The molecule has 2 amide bonds. The summed E-state index contributed by atoms with van der Waals surface area (Å²) in [7, 11) is 0. The van der Waals surface area contributed by atoms with E-state index in [0.717, 1.165) is 49.2 Å². The number of nitriles is 1. The first-order valence-electron chi connectivity index (χ1n) is 13.4. The highest BCUT2D eigenvalue weighted by molar-refractivity contribution is 6.31. The van der Waals surface area contributed by atoms with Crippen molar-refractivity contribution >= 4 is 23.4 Å². The Bertz CT molecular complexity index is 1300. The van der Waals surface area contributed by atoms with Gasteiger partial charge in [-0.2, -0.15) is 5.26 Å². The number of amides is 2. The van der Waals surface area contributed by atoms with Crippen LogP contribution in [0.5, 0.6) is 5.75 Å². The third-order valence-electron chi connectivity index (χ3n) is 8.55. The van der Waals surface area contributed by atoms with Crippen LogP contribution >= 0.6 is 11.6 Å². The number of halogens is 1. The van der Waals surface area contributed by atoms with Crippen molar-refractivity contribution in [2.24, 2.45) is 0 Å². The van der Waals surface area contributed by atoms with Gasteiger partial charge >= 0.3 is 0 Å². The minimum Gasteiger partial charge on any atom is -0.489 e. The number of benzene rings is 2. The van der Waals surface area contributed by atoms with Crippen LogP contribution in [0.15, 0.2) is 36.4 Å². The molecule has 8 nitrogen and oxygen atoms in total. The zero-order chi connectivity index (χ0) is 26.4. The summed E-state index contributed by atoms with van der Waals surface area (Å²) in [5.74, 6) is 0.814. The van der Waals surface area contributed by atoms with E-state index < -0.39 is 12.3 Å². The predicted octanol–water partition coefficient (Wildman–Crippen LogP) is 3.55. The van der Waals surface area contributed by atoms with Crippen LogP contribution in [0.3, 0.4) is 0 Å². The smallest absolute Gasteiger partial charge is 0.254 e. The number of fused-ring (bicyclic) bond motifs is 1. The standard InChI is InChI=1S/C29H31ClN4O4/c30-23-11-17(13-31)5-7-21(23)19-14-33(15-19)24-3-1-2-4-26(24)38-20-6-8-22-18(12-20)16-34(29(22)37)25-9-10-27(35)32-28(25)36/h5-8,11-12,19,24-26,28,36H,1-4,9-10,14-16H2,(H,32,35)/t24-,25?,26-,28?/m0/s1. The molecule has 9 heteroatoms. The maximum Gasteiger partial charge on any atom is 0.254 e. The normalized spacial score (nSPS) is 27.9. The average Bonchev–Trinajstić information content (AvgIpc) is 3.20. The van der Waals surface area contributed by atoms with Gasteiger partial charge in [-0.05, 0) is 67.1 Å². The summed E-state index contributed by atoms with van der Waals surface area (Å²) in [5, 5.41) is 22.6. The molecule has 4 aliphatic rings. The summed E-state index contributed by atoms with van der Waals surface area (Å²) in [4.78, 5) is 28.8. The van der Waals surface area contributed by atoms with Gasteiger partial charge in [0.1, 0.15) is 18.1 Å². The average molecular weight is 535 g/mol. The second-order valence-corrected chi connectivity index (χ2v) is 11.3. The van der Waals surface area contributed by atoms with Crippen LogP contribution in [0.4, 0.5) is 0 Å². The minimum absolute atomic E-state index is 0.0720. The van der Waals surface area contributed by atoms with Crippen LogP contribution in [0.1, 0.15) is 71.5 Å². The number of rotatable bonds is 5. The van der Waals surface area contributed by atoms with Gasteiger partial charge in [-0.15, -0.1) is 0 Å². The fourth-order valence-corrected chi connectivity index (χ4v) is 6.81. The van der Waals surface area contributed by atoms with Crippen LogP contribution < -0.4 is 10.1 Å². The van der Waals surface area contributed by atoms with Crippen molar-refractivity contribution < 1.29 is 19.4 Å². The fraction of sp³-hybridized carbons (Fsp3) is 0.483. The number of likely N-dealkylation sites (tertiary alicyclic amines) is 1. The maximum absolute atomic E-state index is 13.0. The van der Waals surface area contributed by atoms with E-state index in [1.807, 2.05) is 30.3 Å². The van der Waals surface area contributed by atoms with Crippen LogP contribution in [0.25, 0.3) is 0 Å². The second kappa shape index (κ2) is 10.2. The zero-order valence-corrected chi connectivity index (χ0v) is 21.9. The number of carbonyl (C=O) groups is 2. The minimum atomic E-state index is -1.05. The molecule has 3 heterocycles. The van der Waals surface area contributed by atoms with Gasteiger partial charge in [-0.25, -0.2) is 0 Å². The summed E-state index contributed by atoms with van der Waals surface area (Å²) >= 11 is 6.46. The number of hydrogen-bond donors (Lipinski definition) is 2. The van der Waals surface area contributed by atoms with Gasteiger partial charge in [0.2, 0.25) is 5.91 Å². The summed E-state index contributed by atoms with van der Waals surface area (Å²) in [5.41, 5.74) is 3.21. The molecule has 2 aromatic carbocycles. The van der Waals surface area contributed by atoms with E-state index in [1.54, 1.807) is 11.0 Å². The van der Waals surface area contributed by atoms with Crippen molar-refractivity contribution in [3.8, 4) is 11.8 Å². The molecule has 3 aliphatic heterocycles. The number of aliphatic hydroxyl groups is 1. The summed E-state index contributed by atoms with van der Waals surface area (Å²) < 4.78 is 6.56. The monoisotopic (exact) mass is 534 g/mol. The van der Waals surface area contributed by atoms with Gasteiger partial charge < -0.3 is 20.1 Å². The molecule has 2 saturated heterocycles. The number of nitrogens with zero attached hydrogens (tertiary/aromatic N) is 3. The van der Waals surface area contributed by atoms with Gasteiger partial charge in [0.25, 0.3) is 5.91 Å². The molecule has 0 bridgehead atoms. The van der Waals surface area contributed by atoms with Crippen molar-refractivity contribution in [1.29, 1.82) is 5.26 Å². The number of hydrogen-bond acceptors (Lipinski definition) is 6. The van der Waals surface area contributed by atoms with E-state index >= 15 is 0 Å². The number of piperidine rings is 1. The Balaban J connectivity index is 1.11. The molecule has 4 atom stereocenters. The maximum atomic E-state index is 13.0. The number of carbonyl (C=O) groups excluding carboxylic acids is 2. The molecule has 1 saturated carbocycles. The third-order valence-corrected chi connectivity index (χ3v) is 8.88. The summed E-state index contributed by atoms with van der Waals surface area (Å²) in [6, 6.07) is 13.3. The van der Waals surface area contributed by atoms with Crippen LogP contribution in [0, 0.1) is 11.3 Å². The van der Waals surface area contributed by atoms with Gasteiger partial charge in [-0.3, -0.25) is 14.5 Å². The molecule has 198 valence electrons. The van der Waals surface area contributed by atoms with Gasteiger partial charge in [0, 0.05) is 48.6 Å². The Kier molecular flexibility index (Phi) is 6.77. The lowest BCUT2D eigenvalue weighted by molar-refractivity contribution is -0.129. The lowest BCUT2D eigenvalue weighted by Gasteiger charge is -2.48. The van der Waals surface area contributed by atoms with Crippen molar-refractivity contribution in [2.75, 3.05) is 13.1 Å². The number of aliphatic hydroxyl groups excluding tert-OH is 1. The molecule has 0 spiro atoms. The van der Waals surface area contributed by atoms with Crippen molar-refractivity contribution in [1.82, 2.24) is 15.1 Å². The molecule has 6 rings (SSSR count). The molecule has 3 fully saturated rings. The predicted molar refractivity (Wildman–Crippen MR) is 141 cm³/mol. The fourth-order valence-electron chi connectivity index (χ4n) is 6.47. The Morgan fingerprint density at radius 1 is 1.05 bits per heavy atom. The highest BCUT2D eigenvalue weighted by Gasteiger charge is 2.41. The molecule has 0 aromatic heterocycles. The lowest BCUT2D eigenvalue weighted by Crippen LogP contribution is -2.57. The Labute approximate surface area is 227 Å². The third kappa shape index (κ3) is 4.64. The van der Waals surface area contributed by atoms with Crippen molar-refractivity contribution in [2.45, 2.75) is 75.4 Å². The second-order valence-electron chi connectivity index (χ2n) is 10.9. The van der Waals surface area contributed by atoms with E-state index in [9.17, 15) is 14.7 Å². The summed E-state index contributed by atoms with van der Waals surface area (Å²) in [6.45, 7) is 2.24. The lowest BCUT2D eigenvalue weighted by atomic mass is 9.84. The molecule has 0 radical (unpaired) electrons. The van der Waals surface area contributed by atoms with Crippen LogP contribution in [-0.2, 0) is 11.3 Å². The molecule has 1 aliphatic carbocycles. The van der Waals surface area contributed by atoms with Crippen molar-refractivity contribution in [3.05, 3.63) is 63.7 Å². The first-order valence-corrected chi connectivity index (χ1v) is 13.8. The Morgan fingerprint density at radius 3 is 2.63 bits per heavy atom. The van der Waals surface area contributed by atoms with Crippen LogP contribution in [-0.4, -0.2) is 64.2 Å².